The maximum Gasteiger partial charge on any atom is 0.223 e. The van der Waals surface area contributed by atoms with Crippen molar-refractivity contribution in [2.75, 3.05) is 13.1 Å². The van der Waals surface area contributed by atoms with Gasteiger partial charge in [0.25, 0.3) is 0 Å². The Bertz CT molecular complexity index is 788. The summed E-state index contributed by atoms with van der Waals surface area (Å²) >= 11 is 1.69. The van der Waals surface area contributed by atoms with Crippen LogP contribution < -0.4 is 5.32 Å². The number of nitrogens with zero attached hydrogens (tertiary/aromatic N) is 1. The maximum atomic E-state index is 12.9. The van der Waals surface area contributed by atoms with Crippen molar-refractivity contribution in [1.82, 2.24) is 10.2 Å². The zero-order valence-electron chi connectivity index (χ0n) is 17.7. The molecule has 0 spiro atoms. The summed E-state index contributed by atoms with van der Waals surface area (Å²) in [5.41, 5.74) is 1.14. The molecule has 4 nitrogen and oxygen atoms in total. The molecule has 1 fully saturated rings. The van der Waals surface area contributed by atoms with Gasteiger partial charge >= 0.3 is 0 Å². The topological polar surface area (TPSA) is 49.4 Å². The summed E-state index contributed by atoms with van der Waals surface area (Å²) in [6.45, 7) is 7.82. The molecule has 2 heterocycles. The van der Waals surface area contributed by atoms with Crippen molar-refractivity contribution in [2.24, 2.45) is 11.3 Å². The van der Waals surface area contributed by atoms with Crippen LogP contribution in [-0.2, 0) is 16.0 Å². The average Bonchev–Trinajstić information content (AvgIpc) is 3.24. The van der Waals surface area contributed by atoms with Gasteiger partial charge in [0.2, 0.25) is 11.8 Å². The molecule has 1 aromatic carbocycles. The monoisotopic (exact) mass is 412 g/mol. The summed E-state index contributed by atoms with van der Waals surface area (Å²) in [5.74, 6) is 0.298. The van der Waals surface area contributed by atoms with Crippen molar-refractivity contribution >= 4 is 23.2 Å². The highest BCUT2D eigenvalue weighted by molar-refractivity contribution is 7.10. The molecule has 2 amide bonds. The molecule has 3 rings (SSSR count). The molecule has 5 heteroatoms. The molecule has 29 heavy (non-hydrogen) atoms. The predicted molar refractivity (Wildman–Crippen MR) is 119 cm³/mol. The van der Waals surface area contributed by atoms with Gasteiger partial charge in [0.15, 0.2) is 0 Å². The molecule has 156 valence electrons. The van der Waals surface area contributed by atoms with Crippen LogP contribution in [0.3, 0.4) is 0 Å². The lowest BCUT2D eigenvalue weighted by molar-refractivity contribution is -0.136. The number of amides is 2. The fourth-order valence-electron chi connectivity index (χ4n) is 3.88. The highest BCUT2D eigenvalue weighted by atomic mass is 32.1. The minimum atomic E-state index is -0.0470. The molecule has 1 aliphatic heterocycles. The Morgan fingerprint density at radius 1 is 1.10 bits per heavy atom. The van der Waals surface area contributed by atoms with Crippen molar-refractivity contribution < 1.29 is 9.59 Å². The van der Waals surface area contributed by atoms with E-state index in [2.05, 4.69) is 49.7 Å². The van der Waals surface area contributed by atoms with Crippen LogP contribution in [0.1, 0.15) is 56.5 Å². The first kappa shape index (κ1) is 21.6. The van der Waals surface area contributed by atoms with Crippen molar-refractivity contribution in [3.05, 3.63) is 58.3 Å². The molecular weight excluding hydrogens is 380 g/mol. The molecule has 1 aromatic heterocycles. The first-order chi connectivity index (χ1) is 13.8. The molecule has 2 aromatic rings. The molecule has 1 N–H and O–H groups in total. The largest absolute Gasteiger partial charge is 0.348 e. The van der Waals surface area contributed by atoms with Crippen LogP contribution in [-0.4, -0.2) is 29.8 Å². The van der Waals surface area contributed by atoms with E-state index in [9.17, 15) is 9.59 Å². The van der Waals surface area contributed by atoms with Gasteiger partial charge in [0.05, 0.1) is 6.04 Å². The van der Waals surface area contributed by atoms with E-state index in [0.29, 0.717) is 19.5 Å². The molecule has 1 atom stereocenters. The summed E-state index contributed by atoms with van der Waals surface area (Å²) in [5, 5.41) is 5.34. The fraction of sp³-hybridized carbons (Fsp3) is 0.500. The highest BCUT2D eigenvalue weighted by Gasteiger charge is 2.33. The van der Waals surface area contributed by atoms with Crippen LogP contribution in [0.15, 0.2) is 47.8 Å². The van der Waals surface area contributed by atoms with E-state index in [1.54, 1.807) is 11.3 Å². The van der Waals surface area contributed by atoms with E-state index in [0.717, 1.165) is 19.3 Å². The minimum absolute atomic E-state index is 0.0144. The van der Waals surface area contributed by atoms with Crippen LogP contribution >= 0.6 is 11.3 Å². The van der Waals surface area contributed by atoms with Gasteiger partial charge in [0.1, 0.15) is 0 Å². The number of thiophene rings is 1. The van der Waals surface area contributed by atoms with Gasteiger partial charge in [-0.15, -0.1) is 11.3 Å². The summed E-state index contributed by atoms with van der Waals surface area (Å²) in [4.78, 5) is 28.6. The van der Waals surface area contributed by atoms with E-state index < -0.39 is 0 Å². The van der Waals surface area contributed by atoms with Gasteiger partial charge < -0.3 is 10.2 Å². The fourth-order valence-corrected chi connectivity index (χ4v) is 4.90. The van der Waals surface area contributed by atoms with E-state index in [-0.39, 0.29) is 29.2 Å². The van der Waals surface area contributed by atoms with Crippen LogP contribution in [0.25, 0.3) is 0 Å². The molecular formula is C24H32N2O2S. The van der Waals surface area contributed by atoms with Crippen LogP contribution in [0.4, 0.5) is 0 Å². The lowest BCUT2D eigenvalue weighted by Crippen LogP contribution is -2.45. The second kappa shape index (κ2) is 9.57. The number of rotatable bonds is 6. The van der Waals surface area contributed by atoms with Gasteiger partial charge in [-0.2, -0.15) is 0 Å². The number of benzene rings is 1. The lowest BCUT2D eigenvalue weighted by Gasteiger charge is -2.35. The number of hydrogen-bond acceptors (Lipinski definition) is 3. The smallest absolute Gasteiger partial charge is 0.223 e. The number of carbonyl (C=O) groups excluding carboxylic acids is 2. The average molecular weight is 413 g/mol. The lowest BCUT2D eigenvalue weighted by atomic mass is 9.85. The Kier molecular flexibility index (Phi) is 7.12. The summed E-state index contributed by atoms with van der Waals surface area (Å²) in [6.07, 6.45) is 2.79. The molecule has 1 aliphatic rings. The van der Waals surface area contributed by atoms with Crippen molar-refractivity contribution in [2.45, 2.75) is 52.5 Å². The molecule has 0 saturated carbocycles. The SMILES string of the molecule is CC(C)(C)C(NC(=O)C1CCN(C(=O)CCc2ccccc2)CC1)c1cccs1. The van der Waals surface area contributed by atoms with Crippen LogP contribution in [0.2, 0.25) is 0 Å². The Hall–Kier alpha value is -2.14. The van der Waals surface area contributed by atoms with Gasteiger partial charge in [-0.1, -0.05) is 57.2 Å². The summed E-state index contributed by atoms with van der Waals surface area (Å²) in [7, 11) is 0. The van der Waals surface area contributed by atoms with Crippen molar-refractivity contribution in [3.63, 3.8) is 0 Å². The van der Waals surface area contributed by atoms with Crippen molar-refractivity contribution in [1.29, 1.82) is 0 Å². The van der Waals surface area contributed by atoms with E-state index >= 15 is 0 Å². The number of piperidine rings is 1. The minimum Gasteiger partial charge on any atom is -0.348 e. The van der Waals surface area contributed by atoms with Gasteiger partial charge in [-0.05, 0) is 41.7 Å². The van der Waals surface area contributed by atoms with Crippen molar-refractivity contribution in [3.8, 4) is 0 Å². The molecule has 1 saturated heterocycles. The standard InChI is InChI=1S/C24H32N2O2S/c1-24(2,3)22(20-10-7-17-29-20)25-23(28)19-13-15-26(16-14-19)21(27)12-11-18-8-5-4-6-9-18/h4-10,17,19,22H,11-16H2,1-3H3,(H,25,28). The second-order valence-corrected chi connectivity index (χ2v) is 9.94. The van der Waals surface area contributed by atoms with Gasteiger partial charge in [-0.25, -0.2) is 0 Å². The normalized spacial score (nSPS) is 16.4. The third-order valence-corrected chi connectivity index (χ3v) is 6.61. The van der Waals surface area contributed by atoms with E-state index in [4.69, 9.17) is 0 Å². The zero-order chi connectivity index (χ0) is 20.9. The maximum absolute atomic E-state index is 12.9. The second-order valence-electron chi connectivity index (χ2n) is 8.96. The molecule has 1 unspecified atom stereocenters. The summed E-state index contributed by atoms with van der Waals surface area (Å²) < 4.78 is 0. The quantitative estimate of drug-likeness (QED) is 0.739. The van der Waals surface area contributed by atoms with Gasteiger partial charge in [0, 0.05) is 30.3 Å². The Morgan fingerprint density at radius 2 is 1.79 bits per heavy atom. The number of carbonyl (C=O) groups is 2. The first-order valence-electron chi connectivity index (χ1n) is 10.5. The molecule has 0 bridgehead atoms. The number of nitrogens with one attached hydrogen (secondary N) is 1. The predicted octanol–water partition coefficient (Wildman–Crippen LogP) is 4.82. The number of aryl methyl sites for hydroxylation is 1. The Morgan fingerprint density at radius 3 is 2.38 bits per heavy atom. The van der Waals surface area contributed by atoms with E-state index in [1.165, 1.54) is 10.4 Å². The zero-order valence-corrected chi connectivity index (χ0v) is 18.5. The van der Waals surface area contributed by atoms with Gasteiger partial charge in [-0.3, -0.25) is 9.59 Å². The number of likely N-dealkylation sites (tertiary alicyclic amines) is 1. The van der Waals surface area contributed by atoms with E-state index in [1.807, 2.05) is 29.2 Å². The Balaban J connectivity index is 1.49. The number of hydrogen-bond donors (Lipinski definition) is 1. The Labute approximate surface area is 178 Å². The third-order valence-electron chi connectivity index (χ3n) is 5.67. The molecule has 0 radical (unpaired) electrons. The van der Waals surface area contributed by atoms with Crippen LogP contribution in [0, 0.1) is 11.3 Å². The van der Waals surface area contributed by atoms with Crippen LogP contribution in [0.5, 0.6) is 0 Å². The molecule has 0 aliphatic carbocycles. The summed E-state index contributed by atoms with van der Waals surface area (Å²) in [6, 6.07) is 14.3. The highest BCUT2D eigenvalue weighted by Crippen LogP contribution is 2.35. The third kappa shape index (κ3) is 5.92. The first-order valence-corrected chi connectivity index (χ1v) is 11.4.